The number of ether oxygens (including phenoxy) is 1. The molecule has 0 bridgehead atoms. The topological polar surface area (TPSA) is 75.7 Å². The number of hydrogen-bond donors (Lipinski definition) is 1. The second kappa shape index (κ2) is 9.30. The highest BCUT2D eigenvalue weighted by molar-refractivity contribution is 7.92. The van der Waals surface area contributed by atoms with E-state index in [4.69, 9.17) is 16.3 Å². The van der Waals surface area contributed by atoms with Gasteiger partial charge >= 0.3 is 0 Å². The average molecular weight is 425 g/mol. The van der Waals surface area contributed by atoms with E-state index in [0.717, 1.165) is 21.9 Å². The number of hydrogen-bond acceptors (Lipinski definition) is 4. The van der Waals surface area contributed by atoms with Gasteiger partial charge in [0.25, 0.3) is 0 Å². The number of carbonyl (C=O) groups is 1. The minimum absolute atomic E-state index is 0.243. The van der Waals surface area contributed by atoms with Crippen molar-refractivity contribution < 1.29 is 17.9 Å². The quantitative estimate of drug-likeness (QED) is 0.699. The third-order valence-electron chi connectivity index (χ3n) is 4.41. The van der Waals surface area contributed by atoms with Gasteiger partial charge in [-0.25, -0.2) is 8.42 Å². The zero-order chi connectivity index (χ0) is 20.9. The SMILES string of the molecule is CC[C@H](NC(=O)[C@@H](C)N(c1ccc(Cl)cc1)S(C)(=O)=O)c1ccc(OC)cc1. The summed E-state index contributed by atoms with van der Waals surface area (Å²) >= 11 is 5.89. The largest absolute Gasteiger partial charge is 0.497 e. The van der Waals surface area contributed by atoms with Crippen molar-refractivity contribution in [2.75, 3.05) is 17.7 Å². The lowest BCUT2D eigenvalue weighted by molar-refractivity contribution is -0.122. The molecule has 1 amide bonds. The van der Waals surface area contributed by atoms with Gasteiger partial charge in [-0.3, -0.25) is 9.10 Å². The molecule has 0 unspecified atom stereocenters. The Labute approximate surface area is 171 Å². The van der Waals surface area contributed by atoms with E-state index in [1.54, 1.807) is 38.3 Å². The molecule has 0 aromatic heterocycles. The normalized spacial score (nSPS) is 13.5. The Morgan fingerprint density at radius 3 is 2.18 bits per heavy atom. The second-order valence-corrected chi connectivity index (χ2v) is 8.75. The predicted molar refractivity (Wildman–Crippen MR) is 112 cm³/mol. The van der Waals surface area contributed by atoms with E-state index in [2.05, 4.69) is 5.32 Å². The molecular formula is C20H25ClN2O4S. The van der Waals surface area contributed by atoms with Crippen molar-refractivity contribution in [2.45, 2.75) is 32.4 Å². The fourth-order valence-electron chi connectivity index (χ4n) is 2.95. The maximum Gasteiger partial charge on any atom is 0.244 e. The third-order valence-corrected chi connectivity index (χ3v) is 5.91. The molecule has 0 radical (unpaired) electrons. The average Bonchev–Trinajstić information content (AvgIpc) is 2.66. The molecule has 6 nitrogen and oxygen atoms in total. The first-order valence-electron chi connectivity index (χ1n) is 8.86. The first-order valence-corrected chi connectivity index (χ1v) is 11.1. The zero-order valence-corrected chi connectivity index (χ0v) is 17.9. The molecule has 2 atom stereocenters. The Morgan fingerprint density at radius 1 is 1.14 bits per heavy atom. The van der Waals surface area contributed by atoms with Crippen LogP contribution < -0.4 is 14.4 Å². The minimum Gasteiger partial charge on any atom is -0.497 e. The number of methoxy groups -OCH3 is 1. The van der Waals surface area contributed by atoms with Crippen LogP contribution in [0.5, 0.6) is 5.75 Å². The minimum atomic E-state index is -3.68. The van der Waals surface area contributed by atoms with Gasteiger partial charge < -0.3 is 10.1 Å². The lowest BCUT2D eigenvalue weighted by atomic mass is 10.0. The standard InChI is InChI=1S/C20H25ClN2O4S/c1-5-19(15-6-12-18(27-3)13-7-15)22-20(24)14(2)23(28(4,25)26)17-10-8-16(21)9-11-17/h6-14,19H,5H2,1-4H3,(H,22,24)/t14-,19+/m1/s1. The number of anilines is 1. The molecule has 28 heavy (non-hydrogen) atoms. The summed E-state index contributed by atoms with van der Waals surface area (Å²) in [6, 6.07) is 12.6. The van der Waals surface area contributed by atoms with E-state index < -0.39 is 16.1 Å². The van der Waals surface area contributed by atoms with Crippen molar-refractivity contribution in [2.24, 2.45) is 0 Å². The van der Waals surface area contributed by atoms with Gasteiger partial charge in [0, 0.05) is 5.02 Å². The fourth-order valence-corrected chi connectivity index (χ4v) is 4.25. The molecular weight excluding hydrogens is 400 g/mol. The van der Waals surface area contributed by atoms with Crippen LogP contribution in [0.2, 0.25) is 5.02 Å². The molecule has 0 aliphatic heterocycles. The molecule has 152 valence electrons. The smallest absolute Gasteiger partial charge is 0.244 e. The van der Waals surface area contributed by atoms with E-state index in [9.17, 15) is 13.2 Å². The molecule has 0 heterocycles. The van der Waals surface area contributed by atoms with Crippen molar-refractivity contribution in [1.29, 1.82) is 0 Å². The van der Waals surface area contributed by atoms with Crippen LogP contribution in [-0.2, 0) is 14.8 Å². The van der Waals surface area contributed by atoms with E-state index in [-0.39, 0.29) is 11.9 Å². The molecule has 0 fully saturated rings. The molecule has 2 rings (SSSR count). The van der Waals surface area contributed by atoms with Crippen molar-refractivity contribution in [3.05, 3.63) is 59.1 Å². The molecule has 2 aromatic carbocycles. The van der Waals surface area contributed by atoms with Crippen LogP contribution in [0.3, 0.4) is 0 Å². The number of nitrogens with zero attached hydrogens (tertiary/aromatic N) is 1. The van der Waals surface area contributed by atoms with E-state index in [1.807, 2.05) is 31.2 Å². The van der Waals surface area contributed by atoms with Crippen LogP contribution >= 0.6 is 11.6 Å². The summed E-state index contributed by atoms with van der Waals surface area (Å²) in [7, 11) is -2.09. The van der Waals surface area contributed by atoms with E-state index >= 15 is 0 Å². The zero-order valence-electron chi connectivity index (χ0n) is 16.3. The number of amides is 1. The summed E-state index contributed by atoms with van der Waals surface area (Å²) in [6.45, 7) is 3.51. The second-order valence-electron chi connectivity index (χ2n) is 6.45. The molecule has 0 aliphatic carbocycles. The van der Waals surface area contributed by atoms with Gasteiger partial charge in [-0.1, -0.05) is 30.7 Å². The first kappa shape index (κ1) is 22.0. The molecule has 0 spiro atoms. The molecule has 8 heteroatoms. The van der Waals surface area contributed by atoms with Crippen molar-refractivity contribution in [3.8, 4) is 5.75 Å². The van der Waals surface area contributed by atoms with E-state index in [1.165, 1.54) is 0 Å². The number of sulfonamides is 1. The van der Waals surface area contributed by atoms with Crippen LogP contribution in [0.15, 0.2) is 48.5 Å². The van der Waals surface area contributed by atoms with Gasteiger partial charge in [0.15, 0.2) is 0 Å². The molecule has 2 aromatic rings. The Hall–Kier alpha value is -2.25. The van der Waals surface area contributed by atoms with Crippen molar-refractivity contribution in [3.63, 3.8) is 0 Å². The Kier molecular flexibility index (Phi) is 7.32. The van der Waals surface area contributed by atoms with Crippen LogP contribution in [0.1, 0.15) is 31.9 Å². The number of benzene rings is 2. The highest BCUT2D eigenvalue weighted by atomic mass is 35.5. The summed E-state index contributed by atoms with van der Waals surface area (Å²) in [5.74, 6) is 0.340. The van der Waals surface area contributed by atoms with Gasteiger partial charge in [0.1, 0.15) is 11.8 Å². The Balaban J connectivity index is 2.24. The van der Waals surface area contributed by atoms with Crippen molar-refractivity contribution >= 4 is 33.2 Å². The Bertz CT molecular complexity index is 899. The van der Waals surface area contributed by atoms with Gasteiger partial charge in [-0.05, 0) is 55.3 Å². The maximum absolute atomic E-state index is 12.9. The number of nitrogens with one attached hydrogen (secondary N) is 1. The van der Waals surface area contributed by atoms with Gasteiger partial charge in [0.05, 0.1) is 25.1 Å². The fraction of sp³-hybridized carbons (Fsp3) is 0.350. The summed E-state index contributed by atoms with van der Waals surface area (Å²) in [4.78, 5) is 12.9. The van der Waals surface area contributed by atoms with Gasteiger partial charge in [-0.2, -0.15) is 0 Å². The van der Waals surface area contributed by atoms with Crippen molar-refractivity contribution in [1.82, 2.24) is 5.32 Å². The van der Waals surface area contributed by atoms with Crippen LogP contribution in [0.4, 0.5) is 5.69 Å². The number of rotatable bonds is 8. The first-order chi connectivity index (χ1) is 13.2. The van der Waals surface area contributed by atoms with Crippen LogP contribution in [0.25, 0.3) is 0 Å². The lowest BCUT2D eigenvalue weighted by Crippen LogP contribution is -2.48. The maximum atomic E-state index is 12.9. The third kappa shape index (κ3) is 5.39. The summed E-state index contributed by atoms with van der Waals surface area (Å²) in [5.41, 5.74) is 1.30. The highest BCUT2D eigenvalue weighted by Crippen LogP contribution is 2.24. The Morgan fingerprint density at radius 2 is 1.71 bits per heavy atom. The lowest BCUT2D eigenvalue weighted by Gasteiger charge is -2.29. The molecule has 0 aliphatic rings. The summed E-state index contributed by atoms with van der Waals surface area (Å²) in [5, 5.41) is 3.43. The molecule has 0 saturated carbocycles. The number of carbonyl (C=O) groups excluding carboxylic acids is 1. The monoisotopic (exact) mass is 424 g/mol. The molecule has 1 N–H and O–H groups in total. The summed E-state index contributed by atoms with van der Waals surface area (Å²) < 4.78 is 31.0. The molecule has 0 saturated heterocycles. The van der Waals surface area contributed by atoms with Gasteiger partial charge in [0.2, 0.25) is 15.9 Å². The van der Waals surface area contributed by atoms with Gasteiger partial charge in [-0.15, -0.1) is 0 Å². The van der Waals surface area contributed by atoms with Crippen LogP contribution in [-0.4, -0.2) is 33.7 Å². The highest BCUT2D eigenvalue weighted by Gasteiger charge is 2.30. The summed E-state index contributed by atoms with van der Waals surface area (Å²) in [6.07, 6.45) is 1.73. The van der Waals surface area contributed by atoms with Crippen LogP contribution in [0, 0.1) is 0 Å². The predicted octanol–water partition coefficient (Wildman–Crippen LogP) is 3.77. The number of halogens is 1. The van der Waals surface area contributed by atoms with E-state index in [0.29, 0.717) is 17.1 Å².